The van der Waals surface area contributed by atoms with Crippen molar-refractivity contribution in [3.63, 3.8) is 0 Å². The molecule has 0 saturated carbocycles. The summed E-state index contributed by atoms with van der Waals surface area (Å²) in [7, 11) is 0. The van der Waals surface area contributed by atoms with Gasteiger partial charge in [-0.05, 0) is 36.4 Å². The Hall–Kier alpha value is -1.13. The minimum Gasteiger partial charge on any atom is -0.297 e. The van der Waals surface area contributed by atoms with Gasteiger partial charge in [0, 0.05) is 20.6 Å². The van der Waals surface area contributed by atoms with Gasteiger partial charge in [-0.3, -0.25) is 15.6 Å². The molecule has 0 radical (unpaired) electrons. The van der Waals surface area contributed by atoms with Gasteiger partial charge in [-0.25, -0.2) is 0 Å². The van der Waals surface area contributed by atoms with Crippen molar-refractivity contribution < 1.29 is 4.79 Å². The van der Waals surface area contributed by atoms with Crippen LogP contribution in [-0.4, -0.2) is 5.91 Å². The number of hydrazine groups is 1. The zero-order valence-corrected chi connectivity index (χ0v) is 12.9. The van der Waals surface area contributed by atoms with Gasteiger partial charge < -0.3 is 0 Å². The molecule has 0 fully saturated rings. The summed E-state index contributed by atoms with van der Waals surface area (Å²) in [5, 5.41) is 1.66. The first-order chi connectivity index (χ1) is 9.45. The highest BCUT2D eigenvalue weighted by atomic mass is 35.5. The first-order valence-electron chi connectivity index (χ1n) is 5.43. The number of anilines is 1. The van der Waals surface area contributed by atoms with Crippen LogP contribution in [0.2, 0.25) is 20.1 Å². The summed E-state index contributed by atoms with van der Waals surface area (Å²) >= 11 is 23.4. The number of carbonyl (C=O) groups is 1. The minimum atomic E-state index is -0.389. The summed E-state index contributed by atoms with van der Waals surface area (Å²) in [6.45, 7) is 0. The van der Waals surface area contributed by atoms with Gasteiger partial charge in [0.25, 0.3) is 5.91 Å². The van der Waals surface area contributed by atoms with Crippen LogP contribution in [0.5, 0.6) is 0 Å². The third-order valence-corrected chi connectivity index (χ3v) is 3.35. The van der Waals surface area contributed by atoms with E-state index in [4.69, 9.17) is 46.4 Å². The van der Waals surface area contributed by atoms with E-state index in [1.165, 1.54) is 12.1 Å². The van der Waals surface area contributed by atoms with E-state index in [9.17, 15) is 4.79 Å². The first kappa shape index (κ1) is 15.3. The molecule has 2 aromatic rings. The zero-order valence-electron chi connectivity index (χ0n) is 9.88. The van der Waals surface area contributed by atoms with Crippen LogP contribution in [0.25, 0.3) is 0 Å². The Kier molecular flexibility index (Phi) is 5.00. The summed E-state index contributed by atoms with van der Waals surface area (Å²) in [6, 6.07) is 9.42. The fraction of sp³-hybridized carbons (Fsp3) is 0. The molecule has 0 unspecified atom stereocenters. The lowest BCUT2D eigenvalue weighted by atomic mass is 10.2. The number of amides is 1. The number of hydrogen-bond donors (Lipinski definition) is 2. The van der Waals surface area contributed by atoms with Gasteiger partial charge in [0.1, 0.15) is 0 Å². The minimum absolute atomic E-state index is 0.333. The second-order valence-corrected chi connectivity index (χ2v) is 5.58. The van der Waals surface area contributed by atoms with Crippen LogP contribution >= 0.6 is 46.4 Å². The van der Waals surface area contributed by atoms with Gasteiger partial charge in [-0.1, -0.05) is 46.4 Å². The Morgan fingerprint density at radius 2 is 1.50 bits per heavy atom. The molecule has 0 bridgehead atoms. The van der Waals surface area contributed by atoms with Crippen LogP contribution in [-0.2, 0) is 0 Å². The smallest absolute Gasteiger partial charge is 0.269 e. The van der Waals surface area contributed by atoms with E-state index in [-0.39, 0.29) is 5.91 Å². The largest absolute Gasteiger partial charge is 0.297 e. The van der Waals surface area contributed by atoms with E-state index >= 15 is 0 Å². The maximum absolute atomic E-state index is 11.9. The van der Waals surface area contributed by atoms with Crippen LogP contribution in [0.4, 0.5) is 5.69 Å². The average Bonchev–Trinajstić information content (AvgIpc) is 2.36. The number of benzene rings is 2. The van der Waals surface area contributed by atoms with Crippen molar-refractivity contribution >= 4 is 58.0 Å². The predicted molar refractivity (Wildman–Crippen MR) is 84.0 cm³/mol. The second-order valence-electron chi connectivity index (χ2n) is 3.86. The summed E-state index contributed by atoms with van der Waals surface area (Å²) in [6.07, 6.45) is 0. The topological polar surface area (TPSA) is 41.1 Å². The van der Waals surface area contributed by atoms with Crippen molar-refractivity contribution in [1.82, 2.24) is 5.43 Å². The summed E-state index contributed by atoms with van der Waals surface area (Å²) < 4.78 is 0. The molecule has 0 aliphatic carbocycles. The van der Waals surface area contributed by atoms with Crippen molar-refractivity contribution in [2.75, 3.05) is 5.43 Å². The Labute approximate surface area is 135 Å². The van der Waals surface area contributed by atoms with Crippen molar-refractivity contribution in [2.24, 2.45) is 0 Å². The van der Waals surface area contributed by atoms with Crippen molar-refractivity contribution in [2.45, 2.75) is 0 Å². The molecule has 20 heavy (non-hydrogen) atoms. The number of nitrogens with one attached hydrogen (secondary N) is 2. The van der Waals surface area contributed by atoms with E-state index in [0.717, 1.165) is 0 Å². The molecule has 7 heteroatoms. The van der Waals surface area contributed by atoms with Gasteiger partial charge in [0.05, 0.1) is 10.7 Å². The molecule has 1 amide bonds. The van der Waals surface area contributed by atoms with E-state index in [0.29, 0.717) is 31.3 Å². The maximum atomic E-state index is 11.9. The fourth-order valence-electron chi connectivity index (χ4n) is 1.47. The van der Waals surface area contributed by atoms with Crippen LogP contribution in [0, 0.1) is 0 Å². The van der Waals surface area contributed by atoms with Crippen molar-refractivity contribution in [1.29, 1.82) is 0 Å². The zero-order chi connectivity index (χ0) is 14.7. The maximum Gasteiger partial charge on any atom is 0.269 e. The number of rotatable bonds is 3. The van der Waals surface area contributed by atoms with E-state index in [2.05, 4.69) is 10.9 Å². The lowest BCUT2D eigenvalue weighted by molar-refractivity contribution is 0.0962. The van der Waals surface area contributed by atoms with Gasteiger partial charge in [-0.2, -0.15) is 0 Å². The lowest BCUT2D eigenvalue weighted by Crippen LogP contribution is -2.29. The highest BCUT2D eigenvalue weighted by Crippen LogP contribution is 2.25. The third-order valence-electron chi connectivity index (χ3n) is 2.37. The molecule has 104 valence electrons. The Bertz CT molecular complexity index is 641. The van der Waals surface area contributed by atoms with Crippen LogP contribution in [0.1, 0.15) is 10.4 Å². The molecule has 0 aromatic heterocycles. The lowest BCUT2D eigenvalue weighted by Gasteiger charge is -2.10. The van der Waals surface area contributed by atoms with E-state index < -0.39 is 0 Å². The SMILES string of the molecule is O=C(NNc1ccc(Cl)cc1Cl)c1cc(Cl)cc(Cl)c1. The fourth-order valence-corrected chi connectivity index (χ4v) is 2.45. The van der Waals surface area contributed by atoms with E-state index in [1.54, 1.807) is 24.3 Å². The molecule has 3 nitrogen and oxygen atoms in total. The molecule has 0 aliphatic rings. The molecule has 0 aliphatic heterocycles. The van der Waals surface area contributed by atoms with Crippen LogP contribution in [0.3, 0.4) is 0 Å². The quantitative estimate of drug-likeness (QED) is 0.760. The first-order valence-corrected chi connectivity index (χ1v) is 6.94. The number of carbonyl (C=O) groups excluding carboxylic acids is 1. The monoisotopic (exact) mass is 348 g/mol. The molecular formula is C13H8Cl4N2O. The van der Waals surface area contributed by atoms with Crippen LogP contribution < -0.4 is 10.9 Å². The number of hydrogen-bond acceptors (Lipinski definition) is 2. The summed E-state index contributed by atoms with van der Waals surface area (Å²) in [4.78, 5) is 11.9. The van der Waals surface area contributed by atoms with E-state index in [1.807, 2.05) is 0 Å². The number of halogens is 4. The predicted octanol–water partition coefficient (Wildman–Crippen LogP) is 5.06. The highest BCUT2D eigenvalue weighted by Gasteiger charge is 2.08. The normalized spacial score (nSPS) is 10.2. The molecular weight excluding hydrogens is 342 g/mol. The average molecular weight is 350 g/mol. The van der Waals surface area contributed by atoms with Gasteiger partial charge in [-0.15, -0.1) is 0 Å². The summed E-state index contributed by atoms with van der Waals surface area (Å²) in [5.74, 6) is -0.389. The Morgan fingerprint density at radius 3 is 2.10 bits per heavy atom. The van der Waals surface area contributed by atoms with Gasteiger partial charge >= 0.3 is 0 Å². The molecule has 2 aromatic carbocycles. The molecule has 0 heterocycles. The summed E-state index contributed by atoms with van der Waals surface area (Å²) in [5.41, 5.74) is 6.06. The molecule has 2 N–H and O–H groups in total. The van der Waals surface area contributed by atoms with Crippen LogP contribution in [0.15, 0.2) is 36.4 Å². The standard InChI is InChI=1S/C13H8Cl4N2O/c14-8-1-2-12(11(17)6-8)18-19-13(20)7-3-9(15)5-10(16)4-7/h1-6,18H,(H,19,20). The Morgan fingerprint density at radius 1 is 0.850 bits per heavy atom. The Balaban J connectivity index is 2.08. The molecule has 0 atom stereocenters. The second kappa shape index (κ2) is 6.55. The molecule has 2 rings (SSSR count). The van der Waals surface area contributed by atoms with Gasteiger partial charge in [0.15, 0.2) is 0 Å². The highest BCUT2D eigenvalue weighted by molar-refractivity contribution is 6.36. The van der Waals surface area contributed by atoms with Crippen molar-refractivity contribution in [3.05, 3.63) is 62.1 Å². The third kappa shape index (κ3) is 3.93. The van der Waals surface area contributed by atoms with Gasteiger partial charge in [0.2, 0.25) is 0 Å². The molecule has 0 spiro atoms. The van der Waals surface area contributed by atoms with Crippen molar-refractivity contribution in [3.8, 4) is 0 Å². The molecule has 0 saturated heterocycles.